The molecule has 0 saturated carbocycles. The van der Waals surface area contributed by atoms with Crippen LogP contribution in [0.25, 0.3) is 10.8 Å². The summed E-state index contributed by atoms with van der Waals surface area (Å²) < 4.78 is 32.5. The van der Waals surface area contributed by atoms with Crippen molar-refractivity contribution >= 4 is 38.2 Å². The number of rotatable bonds is 3. The predicted octanol–water partition coefficient (Wildman–Crippen LogP) is 2.94. The fourth-order valence-corrected chi connectivity index (χ4v) is 3.39. The van der Waals surface area contributed by atoms with Gasteiger partial charge in [0.15, 0.2) is 0 Å². The summed E-state index contributed by atoms with van der Waals surface area (Å²) in [5, 5.41) is 13.3. The normalized spacial score (nSPS) is 11.5. The molecule has 0 spiro atoms. The number of hydrogen-bond acceptors (Lipinski definition) is 5. The number of carbonyl (C=O) groups excluding carboxylic acids is 1. The number of hydrogen-bond donors (Lipinski definition) is 4. The van der Waals surface area contributed by atoms with Gasteiger partial charge in [0.25, 0.3) is 16.0 Å². The van der Waals surface area contributed by atoms with Crippen molar-refractivity contribution in [3.8, 4) is 5.75 Å². The number of phenols is 1. The molecule has 0 saturated heterocycles. The first-order valence-corrected chi connectivity index (χ1v) is 9.02. The minimum atomic E-state index is -4.55. The monoisotopic (exact) mass is 372 g/mol. The van der Waals surface area contributed by atoms with Crippen LogP contribution >= 0.6 is 0 Å². The summed E-state index contributed by atoms with van der Waals surface area (Å²) in [5.74, 6) is -0.968. The molecular weight excluding hydrogens is 356 g/mol. The van der Waals surface area contributed by atoms with Gasteiger partial charge in [-0.1, -0.05) is 24.3 Å². The number of phenolic OH excluding ortho intramolecular Hbond substituents is 1. The molecule has 3 aromatic carbocycles. The molecule has 0 radical (unpaired) electrons. The third-order valence-corrected chi connectivity index (χ3v) is 4.93. The number of nitrogens with one attached hydrogen (secondary N) is 1. The molecule has 26 heavy (non-hydrogen) atoms. The van der Waals surface area contributed by atoms with Crippen LogP contribution in [0.1, 0.15) is 15.9 Å². The van der Waals surface area contributed by atoms with Crippen molar-refractivity contribution in [2.45, 2.75) is 11.8 Å². The van der Waals surface area contributed by atoms with E-state index in [0.717, 1.165) is 11.6 Å². The summed E-state index contributed by atoms with van der Waals surface area (Å²) in [6.07, 6.45) is 0. The number of amides is 1. The van der Waals surface area contributed by atoms with Gasteiger partial charge in [-0.15, -0.1) is 0 Å². The number of nitrogen functional groups attached to an aromatic ring is 1. The van der Waals surface area contributed by atoms with E-state index in [1.807, 2.05) is 0 Å². The van der Waals surface area contributed by atoms with Crippen LogP contribution in [0.5, 0.6) is 5.75 Å². The zero-order valence-corrected chi connectivity index (χ0v) is 14.5. The summed E-state index contributed by atoms with van der Waals surface area (Å²) in [4.78, 5) is 12.1. The number of aromatic hydroxyl groups is 1. The summed E-state index contributed by atoms with van der Waals surface area (Å²) in [7, 11) is -4.55. The zero-order valence-electron chi connectivity index (χ0n) is 13.7. The van der Waals surface area contributed by atoms with Crippen LogP contribution in [0.15, 0.2) is 53.4 Å². The number of nitrogens with two attached hydrogens (primary N) is 1. The molecule has 1 amide bonds. The minimum Gasteiger partial charge on any atom is -0.506 e. The van der Waals surface area contributed by atoms with E-state index >= 15 is 0 Å². The van der Waals surface area contributed by atoms with Crippen molar-refractivity contribution in [1.29, 1.82) is 0 Å². The number of fused-ring (bicyclic) bond motifs is 1. The van der Waals surface area contributed by atoms with Crippen LogP contribution in [0.2, 0.25) is 0 Å². The highest BCUT2D eigenvalue weighted by Crippen LogP contribution is 2.37. The number of anilines is 2. The highest BCUT2D eigenvalue weighted by molar-refractivity contribution is 7.86. The summed E-state index contributed by atoms with van der Waals surface area (Å²) in [6.45, 7) is 1.76. The third-order valence-electron chi connectivity index (χ3n) is 4.03. The van der Waals surface area contributed by atoms with Crippen molar-refractivity contribution in [2.24, 2.45) is 0 Å². The lowest BCUT2D eigenvalue weighted by atomic mass is 10.1. The Morgan fingerprint density at radius 3 is 2.35 bits per heavy atom. The molecule has 0 aliphatic rings. The van der Waals surface area contributed by atoms with Gasteiger partial charge in [0, 0.05) is 28.1 Å². The van der Waals surface area contributed by atoms with Crippen molar-refractivity contribution in [3.63, 3.8) is 0 Å². The number of benzene rings is 3. The van der Waals surface area contributed by atoms with Crippen LogP contribution in [0, 0.1) is 6.92 Å². The Morgan fingerprint density at radius 2 is 1.73 bits per heavy atom. The average Bonchev–Trinajstić information content (AvgIpc) is 2.58. The van der Waals surface area contributed by atoms with Gasteiger partial charge in [-0.2, -0.15) is 8.42 Å². The summed E-state index contributed by atoms with van der Waals surface area (Å²) in [5.41, 5.74) is 7.40. The van der Waals surface area contributed by atoms with Gasteiger partial charge in [0.05, 0.1) is 5.69 Å². The molecule has 0 atom stereocenters. The molecule has 0 aromatic heterocycles. The average molecular weight is 372 g/mol. The molecule has 8 heteroatoms. The van der Waals surface area contributed by atoms with Crippen LogP contribution < -0.4 is 11.1 Å². The van der Waals surface area contributed by atoms with Crippen molar-refractivity contribution in [2.75, 3.05) is 11.1 Å². The molecular formula is C18H16N2O5S. The van der Waals surface area contributed by atoms with Crippen molar-refractivity contribution in [3.05, 3.63) is 59.7 Å². The second-order valence-electron chi connectivity index (χ2n) is 5.81. The van der Waals surface area contributed by atoms with Crippen LogP contribution in [-0.2, 0) is 10.1 Å². The smallest absolute Gasteiger partial charge is 0.295 e. The van der Waals surface area contributed by atoms with Crippen LogP contribution in [0.4, 0.5) is 11.4 Å². The summed E-state index contributed by atoms with van der Waals surface area (Å²) >= 11 is 0. The topological polar surface area (TPSA) is 130 Å². The summed E-state index contributed by atoms with van der Waals surface area (Å²) in [6, 6.07) is 11.9. The Morgan fingerprint density at radius 1 is 1.08 bits per heavy atom. The Labute approximate surface area is 149 Å². The van der Waals surface area contributed by atoms with Gasteiger partial charge >= 0.3 is 0 Å². The second kappa shape index (κ2) is 6.32. The lowest BCUT2D eigenvalue weighted by molar-refractivity contribution is 0.102. The lowest BCUT2D eigenvalue weighted by Crippen LogP contribution is -2.13. The van der Waals surface area contributed by atoms with E-state index in [1.165, 1.54) is 12.1 Å². The molecule has 0 aliphatic heterocycles. The molecule has 0 heterocycles. The van der Waals surface area contributed by atoms with Gasteiger partial charge in [-0.3, -0.25) is 9.35 Å². The molecule has 0 unspecified atom stereocenters. The second-order valence-corrected chi connectivity index (χ2v) is 7.20. The maximum absolute atomic E-state index is 12.5. The van der Waals surface area contributed by atoms with Crippen LogP contribution in [0.3, 0.4) is 0 Å². The molecule has 5 N–H and O–H groups in total. The van der Waals surface area contributed by atoms with E-state index < -0.39 is 26.7 Å². The molecule has 3 aromatic rings. The van der Waals surface area contributed by atoms with E-state index in [2.05, 4.69) is 5.32 Å². The SMILES string of the molecule is Cc1cc(C(=O)Nc2c(O)cc(S(=O)(=O)O)c3ccccc23)ccc1N. The van der Waals surface area contributed by atoms with E-state index in [-0.39, 0.29) is 16.5 Å². The van der Waals surface area contributed by atoms with Gasteiger partial charge in [0.1, 0.15) is 10.6 Å². The molecule has 0 bridgehead atoms. The number of carbonyl (C=O) groups is 1. The van der Waals surface area contributed by atoms with E-state index in [0.29, 0.717) is 11.3 Å². The maximum atomic E-state index is 12.5. The van der Waals surface area contributed by atoms with Gasteiger partial charge in [-0.05, 0) is 30.7 Å². The van der Waals surface area contributed by atoms with Crippen LogP contribution in [-0.4, -0.2) is 24.0 Å². The van der Waals surface area contributed by atoms with Crippen molar-refractivity contribution in [1.82, 2.24) is 0 Å². The van der Waals surface area contributed by atoms with E-state index in [1.54, 1.807) is 37.3 Å². The van der Waals surface area contributed by atoms with Crippen molar-refractivity contribution < 1.29 is 22.9 Å². The minimum absolute atomic E-state index is 0.0486. The highest BCUT2D eigenvalue weighted by Gasteiger charge is 2.20. The highest BCUT2D eigenvalue weighted by atomic mass is 32.2. The molecule has 0 fully saturated rings. The van der Waals surface area contributed by atoms with Gasteiger partial charge in [-0.25, -0.2) is 0 Å². The van der Waals surface area contributed by atoms with Gasteiger partial charge < -0.3 is 16.2 Å². The Bertz CT molecular complexity index is 1140. The first kappa shape index (κ1) is 17.7. The first-order valence-electron chi connectivity index (χ1n) is 7.58. The quantitative estimate of drug-likeness (QED) is 0.318. The van der Waals surface area contributed by atoms with E-state index in [4.69, 9.17) is 5.73 Å². The predicted molar refractivity (Wildman–Crippen MR) is 99.0 cm³/mol. The fourth-order valence-electron chi connectivity index (χ4n) is 2.68. The standard InChI is InChI=1S/C18H16N2O5S/c1-10-8-11(6-7-14(10)19)18(22)20-17-13-5-3-2-4-12(13)16(9-15(17)21)26(23,24)25/h2-9,21H,19H2,1H3,(H,20,22)(H,23,24,25). The maximum Gasteiger partial charge on any atom is 0.295 e. The molecule has 7 nitrogen and oxygen atoms in total. The molecule has 134 valence electrons. The fraction of sp³-hybridized carbons (Fsp3) is 0.0556. The lowest BCUT2D eigenvalue weighted by Gasteiger charge is -2.14. The zero-order chi connectivity index (χ0) is 19.1. The first-order chi connectivity index (χ1) is 12.2. The molecule has 3 rings (SSSR count). The molecule has 0 aliphatic carbocycles. The Kier molecular flexibility index (Phi) is 4.31. The number of aryl methyl sites for hydroxylation is 1. The Balaban J connectivity index is 2.12. The Hall–Kier alpha value is -3.10. The largest absolute Gasteiger partial charge is 0.506 e. The van der Waals surface area contributed by atoms with Gasteiger partial charge in [0.2, 0.25) is 0 Å². The third kappa shape index (κ3) is 3.19. The van der Waals surface area contributed by atoms with E-state index in [9.17, 15) is 22.9 Å².